The normalized spacial score (nSPS) is 26.6. The van der Waals surface area contributed by atoms with Crippen LogP contribution in [0.1, 0.15) is 19.4 Å². The van der Waals surface area contributed by atoms with Gasteiger partial charge in [-0.2, -0.15) is 0 Å². The van der Waals surface area contributed by atoms with Gasteiger partial charge in [0.25, 0.3) is 0 Å². The van der Waals surface area contributed by atoms with Gasteiger partial charge in [-0.05, 0) is 5.56 Å². The molecule has 0 aliphatic heterocycles. The number of benzene rings is 1. The smallest absolute Gasteiger partial charge is 0.157 e. The standard InChI is InChI=1S/C14H17ClO2/c1-14(2)11(12(15)13(14)16)9-17-8-10-6-4-3-5-7-10/h3-7,11-12H,8-9H2,1-2H3. The summed E-state index contributed by atoms with van der Waals surface area (Å²) in [5.41, 5.74) is 0.811. The van der Waals surface area contributed by atoms with Gasteiger partial charge < -0.3 is 4.74 Å². The van der Waals surface area contributed by atoms with Gasteiger partial charge in [-0.25, -0.2) is 0 Å². The van der Waals surface area contributed by atoms with Crippen LogP contribution in [-0.2, 0) is 16.1 Å². The second-order valence-electron chi connectivity index (χ2n) is 5.09. The maximum absolute atomic E-state index is 11.5. The molecule has 1 aromatic rings. The Kier molecular flexibility index (Phi) is 3.55. The van der Waals surface area contributed by atoms with Crippen LogP contribution in [0.2, 0.25) is 0 Å². The number of hydrogen-bond acceptors (Lipinski definition) is 2. The van der Waals surface area contributed by atoms with Crippen molar-refractivity contribution >= 4 is 17.4 Å². The molecule has 0 saturated heterocycles. The van der Waals surface area contributed by atoms with Gasteiger partial charge in [0.2, 0.25) is 0 Å². The molecular weight excluding hydrogens is 236 g/mol. The van der Waals surface area contributed by atoms with Crippen molar-refractivity contribution in [3.63, 3.8) is 0 Å². The van der Waals surface area contributed by atoms with Gasteiger partial charge in [0.15, 0.2) is 5.78 Å². The highest BCUT2D eigenvalue weighted by Crippen LogP contribution is 2.45. The van der Waals surface area contributed by atoms with Gasteiger partial charge in [0.05, 0.1) is 18.6 Å². The van der Waals surface area contributed by atoms with Crippen LogP contribution in [0.15, 0.2) is 30.3 Å². The molecule has 2 nitrogen and oxygen atoms in total. The molecule has 1 aliphatic carbocycles. The number of carbonyl (C=O) groups is 1. The minimum Gasteiger partial charge on any atom is -0.376 e. The lowest BCUT2D eigenvalue weighted by Gasteiger charge is -2.46. The van der Waals surface area contributed by atoms with Gasteiger partial charge in [0.1, 0.15) is 0 Å². The molecule has 2 rings (SSSR count). The number of halogens is 1. The first-order valence-corrected chi connectivity index (χ1v) is 6.27. The van der Waals surface area contributed by atoms with Gasteiger partial charge in [-0.1, -0.05) is 44.2 Å². The Bertz CT molecular complexity index is 400. The van der Waals surface area contributed by atoms with Crippen LogP contribution in [-0.4, -0.2) is 17.8 Å². The van der Waals surface area contributed by atoms with Crippen molar-refractivity contribution in [3.8, 4) is 0 Å². The minimum atomic E-state index is -0.374. The van der Waals surface area contributed by atoms with Crippen molar-refractivity contribution in [2.24, 2.45) is 11.3 Å². The van der Waals surface area contributed by atoms with Crippen LogP contribution in [0.4, 0.5) is 0 Å². The highest BCUT2D eigenvalue weighted by atomic mass is 35.5. The first-order chi connectivity index (χ1) is 8.03. The van der Waals surface area contributed by atoms with E-state index in [0.717, 1.165) is 5.56 Å². The largest absolute Gasteiger partial charge is 0.376 e. The van der Waals surface area contributed by atoms with E-state index in [2.05, 4.69) is 0 Å². The fourth-order valence-electron chi connectivity index (χ4n) is 2.16. The van der Waals surface area contributed by atoms with Crippen LogP contribution in [0.5, 0.6) is 0 Å². The lowest BCUT2D eigenvalue weighted by atomic mass is 9.61. The second kappa shape index (κ2) is 4.79. The second-order valence-corrected chi connectivity index (χ2v) is 5.57. The number of hydrogen-bond donors (Lipinski definition) is 0. The summed E-state index contributed by atoms with van der Waals surface area (Å²) in [5, 5.41) is -0.374. The van der Waals surface area contributed by atoms with E-state index >= 15 is 0 Å². The molecule has 1 fully saturated rings. The molecule has 0 radical (unpaired) electrons. The maximum atomic E-state index is 11.5. The van der Waals surface area contributed by atoms with Crippen LogP contribution in [0.3, 0.4) is 0 Å². The molecule has 1 saturated carbocycles. The summed E-state index contributed by atoms with van der Waals surface area (Å²) in [6.45, 7) is 4.99. The third-order valence-electron chi connectivity index (χ3n) is 3.57. The molecule has 0 N–H and O–H groups in total. The van der Waals surface area contributed by atoms with Crippen LogP contribution < -0.4 is 0 Å². The Morgan fingerprint density at radius 1 is 1.29 bits per heavy atom. The van der Waals surface area contributed by atoms with Gasteiger partial charge in [0, 0.05) is 11.3 Å². The Morgan fingerprint density at radius 2 is 1.94 bits per heavy atom. The average molecular weight is 253 g/mol. The lowest BCUT2D eigenvalue weighted by molar-refractivity contribution is -0.145. The van der Waals surface area contributed by atoms with Crippen LogP contribution >= 0.6 is 11.6 Å². The van der Waals surface area contributed by atoms with Crippen molar-refractivity contribution in [1.82, 2.24) is 0 Å². The SMILES string of the molecule is CC1(C)C(=O)C(Cl)C1COCc1ccccc1. The number of Topliss-reactive ketones (excluding diaryl/α,β-unsaturated/α-hetero) is 1. The van der Waals surface area contributed by atoms with Crippen molar-refractivity contribution in [3.05, 3.63) is 35.9 Å². The first-order valence-electron chi connectivity index (χ1n) is 5.83. The molecule has 2 unspecified atom stereocenters. The van der Waals surface area contributed by atoms with Gasteiger partial charge >= 0.3 is 0 Å². The number of alkyl halides is 1. The molecule has 0 heterocycles. The van der Waals surface area contributed by atoms with E-state index in [-0.39, 0.29) is 22.5 Å². The molecule has 17 heavy (non-hydrogen) atoms. The van der Waals surface area contributed by atoms with Crippen LogP contribution in [0, 0.1) is 11.3 Å². The predicted molar refractivity (Wildman–Crippen MR) is 68.0 cm³/mol. The zero-order valence-corrected chi connectivity index (χ0v) is 10.9. The number of ether oxygens (including phenoxy) is 1. The fraction of sp³-hybridized carbons (Fsp3) is 0.500. The van der Waals surface area contributed by atoms with E-state index in [4.69, 9.17) is 16.3 Å². The number of ketones is 1. The summed E-state index contributed by atoms with van der Waals surface area (Å²) in [7, 11) is 0. The van der Waals surface area contributed by atoms with Crippen molar-refractivity contribution in [1.29, 1.82) is 0 Å². The highest BCUT2D eigenvalue weighted by molar-refractivity contribution is 6.34. The van der Waals surface area contributed by atoms with E-state index in [1.54, 1.807) is 0 Å². The highest BCUT2D eigenvalue weighted by Gasteiger charge is 2.54. The Labute approximate surface area is 107 Å². The summed E-state index contributed by atoms with van der Waals surface area (Å²) in [4.78, 5) is 11.5. The molecule has 1 aromatic carbocycles. The van der Waals surface area contributed by atoms with E-state index in [1.807, 2.05) is 44.2 Å². The molecule has 3 heteroatoms. The van der Waals surface area contributed by atoms with Crippen LogP contribution in [0.25, 0.3) is 0 Å². The quantitative estimate of drug-likeness (QED) is 0.770. The zero-order chi connectivity index (χ0) is 12.5. The Morgan fingerprint density at radius 3 is 2.53 bits per heavy atom. The minimum absolute atomic E-state index is 0.125. The molecule has 92 valence electrons. The van der Waals surface area contributed by atoms with E-state index in [1.165, 1.54) is 0 Å². The Balaban J connectivity index is 1.82. The lowest BCUT2D eigenvalue weighted by Crippen LogP contribution is -2.57. The summed E-state index contributed by atoms with van der Waals surface area (Å²) >= 11 is 6.00. The van der Waals surface area contributed by atoms with Gasteiger partial charge in [-0.15, -0.1) is 11.6 Å². The van der Waals surface area contributed by atoms with E-state index < -0.39 is 0 Å². The summed E-state index contributed by atoms with van der Waals surface area (Å²) < 4.78 is 5.64. The maximum Gasteiger partial charge on any atom is 0.157 e. The third kappa shape index (κ3) is 2.38. The zero-order valence-electron chi connectivity index (χ0n) is 10.2. The summed E-state index contributed by atoms with van der Waals surface area (Å²) in [6.07, 6.45) is 0. The van der Waals surface area contributed by atoms with Crippen molar-refractivity contribution in [2.75, 3.05) is 6.61 Å². The molecule has 0 aromatic heterocycles. The molecule has 0 bridgehead atoms. The van der Waals surface area contributed by atoms with Gasteiger partial charge in [-0.3, -0.25) is 4.79 Å². The number of carbonyl (C=O) groups excluding carboxylic acids is 1. The molecular formula is C14H17ClO2. The third-order valence-corrected chi connectivity index (χ3v) is 4.08. The fourth-order valence-corrected chi connectivity index (χ4v) is 2.83. The predicted octanol–water partition coefficient (Wildman–Crippen LogP) is 3.04. The first kappa shape index (κ1) is 12.6. The van der Waals surface area contributed by atoms with Crippen molar-refractivity contribution < 1.29 is 9.53 Å². The summed E-state index contributed by atoms with van der Waals surface area (Å²) in [6, 6.07) is 10.00. The Hall–Kier alpha value is -0.860. The average Bonchev–Trinajstić information content (AvgIpc) is 2.34. The van der Waals surface area contributed by atoms with E-state index in [0.29, 0.717) is 13.2 Å². The monoisotopic (exact) mass is 252 g/mol. The molecule has 2 atom stereocenters. The molecule has 0 spiro atoms. The number of rotatable bonds is 4. The molecule has 0 amide bonds. The topological polar surface area (TPSA) is 26.3 Å². The van der Waals surface area contributed by atoms with E-state index in [9.17, 15) is 4.79 Å². The molecule has 1 aliphatic rings. The van der Waals surface area contributed by atoms with Crippen molar-refractivity contribution in [2.45, 2.75) is 25.8 Å². The summed E-state index contributed by atoms with van der Waals surface area (Å²) in [5.74, 6) is 0.257.